The summed E-state index contributed by atoms with van der Waals surface area (Å²) in [5.74, 6) is 0.673. The first-order valence-electron chi connectivity index (χ1n) is 3.83. The van der Waals surface area contributed by atoms with E-state index in [2.05, 4.69) is 17.9 Å². The van der Waals surface area contributed by atoms with Crippen LogP contribution in [-0.4, -0.2) is 50.4 Å². The summed E-state index contributed by atoms with van der Waals surface area (Å²) < 4.78 is 23.7. The first-order valence-corrected chi connectivity index (χ1v) is 6.31. The molecular formula is C6H14N2O2S2. The molecule has 1 unspecified atom stereocenters. The second-order valence-corrected chi connectivity index (χ2v) is 5.30. The number of hydrogen-bond donors (Lipinski definition) is 2. The summed E-state index contributed by atoms with van der Waals surface area (Å²) in [4.78, 5) is 0. The van der Waals surface area contributed by atoms with Crippen LogP contribution in [0.15, 0.2) is 0 Å². The third-order valence-electron chi connectivity index (χ3n) is 1.91. The van der Waals surface area contributed by atoms with E-state index in [0.717, 1.165) is 6.54 Å². The molecule has 12 heavy (non-hydrogen) atoms. The van der Waals surface area contributed by atoms with Gasteiger partial charge in [0.05, 0.1) is 6.26 Å². The highest BCUT2D eigenvalue weighted by atomic mass is 32.2. The zero-order valence-corrected chi connectivity index (χ0v) is 8.74. The van der Waals surface area contributed by atoms with Crippen molar-refractivity contribution in [1.29, 1.82) is 0 Å². The van der Waals surface area contributed by atoms with Gasteiger partial charge in [-0.15, -0.1) is 0 Å². The fraction of sp³-hybridized carbons (Fsp3) is 1.00. The maximum absolute atomic E-state index is 11.1. The molecule has 1 rings (SSSR count). The average molecular weight is 210 g/mol. The van der Waals surface area contributed by atoms with Gasteiger partial charge in [0.2, 0.25) is 10.0 Å². The molecule has 1 aliphatic heterocycles. The highest BCUT2D eigenvalue weighted by Crippen LogP contribution is 2.04. The first-order chi connectivity index (χ1) is 5.54. The molecule has 0 aromatic heterocycles. The summed E-state index contributed by atoms with van der Waals surface area (Å²) in [6, 6.07) is 0.191. The molecular weight excluding hydrogens is 196 g/mol. The predicted octanol–water partition coefficient (Wildman–Crippen LogP) is -0.850. The SMILES string of the molecule is CS(=O)(=O)N1CCNC(CS)C1. The van der Waals surface area contributed by atoms with Crippen molar-refractivity contribution >= 4 is 22.7 Å². The number of nitrogens with zero attached hydrogens (tertiary/aromatic N) is 1. The lowest BCUT2D eigenvalue weighted by Crippen LogP contribution is -2.53. The van der Waals surface area contributed by atoms with Gasteiger partial charge in [-0.2, -0.15) is 16.9 Å². The van der Waals surface area contributed by atoms with Crippen LogP contribution in [0.1, 0.15) is 0 Å². The Balaban J connectivity index is 2.58. The van der Waals surface area contributed by atoms with Gasteiger partial charge in [0, 0.05) is 31.4 Å². The van der Waals surface area contributed by atoms with Crippen molar-refractivity contribution in [3.05, 3.63) is 0 Å². The Morgan fingerprint density at radius 1 is 1.67 bits per heavy atom. The van der Waals surface area contributed by atoms with E-state index in [0.29, 0.717) is 18.8 Å². The van der Waals surface area contributed by atoms with Crippen molar-refractivity contribution in [2.75, 3.05) is 31.6 Å². The summed E-state index contributed by atoms with van der Waals surface area (Å²) in [5.41, 5.74) is 0. The minimum Gasteiger partial charge on any atom is -0.311 e. The number of sulfonamides is 1. The van der Waals surface area contributed by atoms with E-state index in [4.69, 9.17) is 0 Å². The van der Waals surface area contributed by atoms with Gasteiger partial charge in [-0.3, -0.25) is 0 Å². The lowest BCUT2D eigenvalue weighted by atomic mass is 10.3. The van der Waals surface area contributed by atoms with E-state index in [1.807, 2.05) is 0 Å². The quantitative estimate of drug-likeness (QED) is 0.584. The molecule has 1 fully saturated rings. The van der Waals surface area contributed by atoms with E-state index < -0.39 is 10.0 Å². The number of piperazine rings is 1. The van der Waals surface area contributed by atoms with Crippen LogP contribution in [0.4, 0.5) is 0 Å². The number of nitrogens with one attached hydrogen (secondary N) is 1. The standard InChI is InChI=1S/C6H14N2O2S2/c1-12(9,10)8-3-2-7-6(4-8)5-11/h6-7,11H,2-5H2,1H3. The molecule has 6 heteroatoms. The second kappa shape index (κ2) is 3.95. The molecule has 1 saturated heterocycles. The summed E-state index contributed by atoms with van der Waals surface area (Å²) >= 11 is 4.12. The van der Waals surface area contributed by atoms with E-state index >= 15 is 0 Å². The molecule has 0 radical (unpaired) electrons. The van der Waals surface area contributed by atoms with E-state index in [9.17, 15) is 8.42 Å². The highest BCUT2D eigenvalue weighted by Gasteiger charge is 2.24. The lowest BCUT2D eigenvalue weighted by molar-refractivity contribution is 0.315. The van der Waals surface area contributed by atoms with Crippen LogP contribution in [0.25, 0.3) is 0 Å². The van der Waals surface area contributed by atoms with Gasteiger partial charge in [-0.1, -0.05) is 0 Å². The third kappa shape index (κ3) is 2.62. The summed E-state index contributed by atoms with van der Waals surface area (Å²) in [6.45, 7) is 1.84. The molecule has 4 nitrogen and oxygen atoms in total. The van der Waals surface area contributed by atoms with Gasteiger partial charge in [0.1, 0.15) is 0 Å². The van der Waals surface area contributed by atoms with Gasteiger partial charge >= 0.3 is 0 Å². The monoisotopic (exact) mass is 210 g/mol. The second-order valence-electron chi connectivity index (χ2n) is 2.95. The van der Waals surface area contributed by atoms with E-state index in [-0.39, 0.29) is 6.04 Å². The fourth-order valence-corrected chi connectivity index (χ4v) is 2.34. The maximum atomic E-state index is 11.1. The Hall–Kier alpha value is 0.220. The van der Waals surface area contributed by atoms with Gasteiger partial charge in [-0.25, -0.2) is 8.42 Å². The molecule has 0 aromatic rings. The van der Waals surface area contributed by atoms with Crippen LogP contribution in [0.3, 0.4) is 0 Å². The van der Waals surface area contributed by atoms with Crippen LogP contribution >= 0.6 is 12.6 Å². The molecule has 0 saturated carbocycles. The van der Waals surface area contributed by atoms with Crippen LogP contribution in [0.2, 0.25) is 0 Å². The number of hydrogen-bond acceptors (Lipinski definition) is 4. The summed E-state index contributed by atoms with van der Waals surface area (Å²) in [5, 5.41) is 3.19. The van der Waals surface area contributed by atoms with E-state index in [1.165, 1.54) is 10.6 Å². The first kappa shape index (κ1) is 10.3. The number of thiol groups is 1. The summed E-state index contributed by atoms with van der Waals surface area (Å²) in [6.07, 6.45) is 1.24. The Bertz CT molecular complexity index is 240. The maximum Gasteiger partial charge on any atom is 0.211 e. The van der Waals surface area contributed by atoms with Crippen molar-refractivity contribution in [1.82, 2.24) is 9.62 Å². The van der Waals surface area contributed by atoms with Gasteiger partial charge in [0.15, 0.2) is 0 Å². The molecule has 0 aliphatic carbocycles. The molecule has 0 spiro atoms. The van der Waals surface area contributed by atoms with E-state index in [1.54, 1.807) is 0 Å². The Kier molecular flexibility index (Phi) is 3.39. The van der Waals surface area contributed by atoms with Crippen molar-refractivity contribution in [2.45, 2.75) is 6.04 Å². The predicted molar refractivity (Wildman–Crippen MR) is 52.1 cm³/mol. The van der Waals surface area contributed by atoms with Crippen molar-refractivity contribution in [3.63, 3.8) is 0 Å². The van der Waals surface area contributed by atoms with Crippen molar-refractivity contribution < 1.29 is 8.42 Å². The molecule has 1 heterocycles. The zero-order chi connectivity index (χ0) is 9.19. The minimum absolute atomic E-state index is 0.191. The zero-order valence-electron chi connectivity index (χ0n) is 7.02. The Labute approximate surface area is 78.8 Å². The molecule has 1 atom stereocenters. The minimum atomic E-state index is -3.01. The molecule has 0 bridgehead atoms. The molecule has 1 aliphatic rings. The van der Waals surface area contributed by atoms with Crippen LogP contribution in [0.5, 0.6) is 0 Å². The third-order valence-corrected chi connectivity index (χ3v) is 3.62. The smallest absolute Gasteiger partial charge is 0.211 e. The molecule has 0 aromatic carbocycles. The summed E-state index contributed by atoms with van der Waals surface area (Å²) in [7, 11) is -3.01. The normalized spacial score (nSPS) is 27.3. The fourth-order valence-electron chi connectivity index (χ4n) is 1.22. The lowest BCUT2D eigenvalue weighted by Gasteiger charge is -2.30. The van der Waals surface area contributed by atoms with Crippen molar-refractivity contribution in [2.24, 2.45) is 0 Å². The Morgan fingerprint density at radius 3 is 2.83 bits per heavy atom. The largest absolute Gasteiger partial charge is 0.311 e. The molecule has 1 N–H and O–H groups in total. The highest BCUT2D eigenvalue weighted by molar-refractivity contribution is 7.88. The molecule has 72 valence electrons. The number of rotatable bonds is 2. The van der Waals surface area contributed by atoms with Crippen LogP contribution < -0.4 is 5.32 Å². The molecule has 0 amide bonds. The van der Waals surface area contributed by atoms with Gasteiger partial charge in [0.25, 0.3) is 0 Å². The van der Waals surface area contributed by atoms with Gasteiger partial charge < -0.3 is 5.32 Å². The van der Waals surface area contributed by atoms with Crippen molar-refractivity contribution in [3.8, 4) is 0 Å². The van der Waals surface area contributed by atoms with Crippen LogP contribution in [0, 0.1) is 0 Å². The Morgan fingerprint density at radius 2 is 2.33 bits per heavy atom. The van der Waals surface area contributed by atoms with Gasteiger partial charge in [-0.05, 0) is 0 Å². The topological polar surface area (TPSA) is 49.4 Å². The van der Waals surface area contributed by atoms with Crippen LogP contribution in [-0.2, 0) is 10.0 Å². The average Bonchev–Trinajstić information content (AvgIpc) is 2.03.